The molecule has 0 spiro atoms. The van der Waals surface area contributed by atoms with E-state index in [4.69, 9.17) is 16.3 Å². The highest BCUT2D eigenvalue weighted by atomic mass is 35.5. The summed E-state index contributed by atoms with van der Waals surface area (Å²) >= 11 is 5.92. The third-order valence-corrected chi connectivity index (χ3v) is 4.59. The summed E-state index contributed by atoms with van der Waals surface area (Å²) < 4.78 is 6.52. The standard InChI is InChI=1S/C18H22ClN5O3/c1-3-27-18(26)21-14-5-4-10-23(11-14)17(25)16-20-12(2)24(22-16)15-8-6-13(19)7-9-15/h6-9,14H,3-5,10-11H2,1-2H3,(H,21,26). The first-order valence-electron chi connectivity index (χ1n) is 8.90. The topological polar surface area (TPSA) is 89.4 Å². The lowest BCUT2D eigenvalue weighted by Gasteiger charge is -2.32. The number of piperidine rings is 1. The third kappa shape index (κ3) is 4.57. The number of amides is 2. The highest BCUT2D eigenvalue weighted by Crippen LogP contribution is 2.16. The smallest absolute Gasteiger partial charge is 0.407 e. The molecule has 2 heterocycles. The van der Waals surface area contributed by atoms with Gasteiger partial charge in [-0.25, -0.2) is 14.5 Å². The first-order chi connectivity index (χ1) is 13.0. The van der Waals surface area contributed by atoms with Crippen molar-refractivity contribution in [3.8, 4) is 5.69 Å². The highest BCUT2D eigenvalue weighted by molar-refractivity contribution is 6.30. The number of hydrogen-bond acceptors (Lipinski definition) is 5. The lowest BCUT2D eigenvalue weighted by atomic mass is 10.1. The van der Waals surface area contributed by atoms with Gasteiger partial charge in [-0.3, -0.25) is 4.79 Å². The number of nitrogens with zero attached hydrogens (tertiary/aromatic N) is 4. The van der Waals surface area contributed by atoms with Crippen LogP contribution in [0.15, 0.2) is 24.3 Å². The Balaban J connectivity index is 1.71. The van der Waals surface area contributed by atoms with Crippen LogP contribution in [0.2, 0.25) is 5.02 Å². The molecule has 1 aliphatic heterocycles. The normalized spacial score (nSPS) is 16.9. The van der Waals surface area contributed by atoms with Gasteiger partial charge in [-0.15, -0.1) is 5.10 Å². The van der Waals surface area contributed by atoms with Crippen molar-refractivity contribution in [3.63, 3.8) is 0 Å². The summed E-state index contributed by atoms with van der Waals surface area (Å²) in [5, 5.41) is 7.78. The zero-order chi connectivity index (χ0) is 19.4. The van der Waals surface area contributed by atoms with E-state index in [9.17, 15) is 9.59 Å². The summed E-state index contributed by atoms with van der Waals surface area (Å²) in [6.07, 6.45) is 1.13. The van der Waals surface area contributed by atoms with Gasteiger partial charge >= 0.3 is 6.09 Å². The summed E-state index contributed by atoms with van der Waals surface area (Å²) in [5.41, 5.74) is 0.781. The van der Waals surface area contributed by atoms with Crippen LogP contribution < -0.4 is 5.32 Å². The van der Waals surface area contributed by atoms with Gasteiger partial charge in [0.05, 0.1) is 12.3 Å². The van der Waals surface area contributed by atoms with Crippen molar-refractivity contribution in [2.45, 2.75) is 32.7 Å². The molecule has 8 nitrogen and oxygen atoms in total. The van der Waals surface area contributed by atoms with Crippen molar-refractivity contribution in [1.29, 1.82) is 0 Å². The summed E-state index contributed by atoms with van der Waals surface area (Å²) in [7, 11) is 0. The molecule has 1 aliphatic rings. The summed E-state index contributed by atoms with van der Waals surface area (Å²) in [6, 6.07) is 7.02. The Labute approximate surface area is 162 Å². The number of benzene rings is 1. The number of nitrogens with one attached hydrogen (secondary N) is 1. The number of hydrogen-bond donors (Lipinski definition) is 1. The van der Waals surface area contributed by atoms with E-state index in [1.54, 1.807) is 35.6 Å². The molecule has 144 valence electrons. The minimum Gasteiger partial charge on any atom is -0.450 e. The van der Waals surface area contributed by atoms with Crippen molar-refractivity contribution in [3.05, 3.63) is 40.9 Å². The number of halogens is 1. The molecule has 0 saturated carbocycles. The molecule has 0 radical (unpaired) electrons. The third-order valence-electron chi connectivity index (χ3n) is 4.34. The predicted octanol–water partition coefficient (Wildman–Crippen LogP) is 2.58. The Morgan fingerprint density at radius 1 is 1.33 bits per heavy atom. The van der Waals surface area contributed by atoms with Crippen LogP contribution in [0.3, 0.4) is 0 Å². The number of alkyl carbamates (subject to hydrolysis) is 1. The Hall–Kier alpha value is -2.61. The summed E-state index contributed by atoms with van der Waals surface area (Å²) in [5.74, 6) is 0.499. The van der Waals surface area contributed by atoms with Crippen LogP contribution in [0.4, 0.5) is 4.79 Å². The number of aryl methyl sites for hydroxylation is 1. The second kappa shape index (κ2) is 8.39. The van der Waals surface area contributed by atoms with Crippen molar-refractivity contribution in [2.24, 2.45) is 0 Å². The van der Waals surface area contributed by atoms with Crippen LogP contribution >= 0.6 is 11.6 Å². The molecule has 2 amide bonds. The summed E-state index contributed by atoms with van der Waals surface area (Å²) in [4.78, 5) is 30.4. The molecule has 1 atom stereocenters. The molecule has 27 heavy (non-hydrogen) atoms. The van der Waals surface area contributed by atoms with Crippen LogP contribution in [0.25, 0.3) is 5.69 Å². The van der Waals surface area contributed by atoms with E-state index in [0.29, 0.717) is 30.5 Å². The van der Waals surface area contributed by atoms with Gasteiger partial charge < -0.3 is 15.0 Å². The molecule has 3 rings (SSSR count). The number of carbonyl (C=O) groups is 2. The monoisotopic (exact) mass is 391 g/mol. The minimum atomic E-state index is -0.460. The SMILES string of the molecule is CCOC(=O)NC1CCCN(C(=O)c2nc(C)n(-c3ccc(Cl)cc3)n2)C1. The number of likely N-dealkylation sites (tertiary alicyclic amines) is 1. The fraction of sp³-hybridized carbons (Fsp3) is 0.444. The second-order valence-corrected chi connectivity index (χ2v) is 6.76. The van der Waals surface area contributed by atoms with Gasteiger partial charge in [-0.2, -0.15) is 0 Å². The van der Waals surface area contributed by atoms with E-state index in [2.05, 4.69) is 15.4 Å². The number of carbonyl (C=O) groups excluding carboxylic acids is 2. The van der Waals surface area contributed by atoms with E-state index < -0.39 is 6.09 Å². The first-order valence-corrected chi connectivity index (χ1v) is 9.28. The number of rotatable bonds is 4. The number of ether oxygens (including phenoxy) is 1. The largest absolute Gasteiger partial charge is 0.450 e. The van der Waals surface area contributed by atoms with E-state index in [0.717, 1.165) is 18.5 Å². The van der Waals surface area contributed by atoms with Gasteiger partial charge in [-0.05, 0) is 51.0 Å². The quantitative estimate of drug-likeness (QED) is 0.865. The molecular formula is C18H22ClN5O3. The molecule has 2 aromatic rings. The zero-order valence-electron chi connectivity index (χ0n) is 15.3. The molecule has 0 aliphatic carbocycles. The van der Waals surface area contributed by atoms with E-state index in [-0.39, 0.29) is 17.8 Å². The van der Waals surface area contributed by atoms with Gasteiger partial charge in [0.25, 0.3) is 5.91 Å². The Morgan fingerprint density at radius 3 is 2.78 bits per heavy atom. The Morgan fingerprint density at radius 2 is 2.07 bits per heavy atom. The molecule has 0 bridgehead atoms. The Kier molecular flexibility index (Phi) is 5.95. The predicted molar refractivity (Wildman–Crippen MR) is 100 cm³/mol. The van der Waals surface area contributed by atoms with Crippen LogP contribution in [0, 0.1) is 6.92 Å². The minimum absolute atomic E-state index is 0.138. The lowest BCUT2D eigenvalue weighted by molar-refractivity contribution is 0.0674. The number of aromatic nitrogens is 3. The van der Waals surface area contributed by atoms with E-state index >= 15 is 0 Å². The molecular weight excluding hydrogens is 370 g/mol. The molecule has 1 aromatic heterocycles. The molecule has 1 aromatic carbocycles. The van der Waals surface area contributed by atoms with Crippen LogP contribution in [-0.2, 0) is 4.74 Å². The van der Waals surface area contributed by atoms with Crippen molar-refractivity contribution >= 4 is 23.6 Å². The van der Waals surface area contributed by atoms with Gasteiger partial charge in [0.15, 0.2) is 0 Å². The maximum absolute atomic E-state index is 12.8. The van der Waals surface area contributed by atoms with Crippen molar-refractivity contribution < 1.29 is 14.3 Å². The zero-order valence-corrected chi connectivity index (χ0v) is 16.1. The lowest BCUT2D eigenvalue weighted by Crippen LogP contribution is -2.50. The fourth-order valence-electron chi connectivity index (χ4n) is 3.07. The highest BCUT2D eigenvalue weighted by Gasteiger charge is 2.28. The van der Waals surface area contributed by atoms with Crippen molar-refractivity contribution in [2.75, 3.05) is 19.7 Å². The van der Waals surface area contributed by atoms with Gasteiger partial charge in [0.1, 0.15) is 5.82 Å². The molecule has 1 saturated heterocycles. The maximum Gasteiger partial charge on any atom is 0.407 e. The van der Waals surface area contributed by atoms with E-state index in [1.807, 2.05) is 12.1 Å². The molecule has 1 fully saturated rings. The van der Waals surface area contributed by atoms with E-state index in [1.165, 1.54) is 0 Å². The fourth-order valence-corrected chi connectivity index (χ4v) is 3.19. The molecule has 1 unspecified atom stereocenters. The van der Waals surface area contributed by atoms with Crippen LogP contribution in [0.5, 0.6) is 0 Å². The van der Waals surface area contributed by atoms with Gasteiger partial charge in [-0.1, -0.05) is 11.6 Å². The first kappa shape index (κ1) is 19.2. The van der Waals surface area contributed by atoms with Gasteiger partial charge in [0, 0.05) is 24.2 Å². The average Bonchev–Trinajstić information content (AvgIpc) is 3.04. The van der Waals surface area contributed by atoms with Crippen LogP contribution in [0.1, 0.15) is 36.2 Å². The molecule has 9 heteroatoms. The van der Waals surface area contributed by atoms with Crippen molar-refractivity contribution in [1.82, 2.24) is 25.0 Å². The van der Waals surface area contributed by atoms with Gasteiger partial charge in [0.2, 0.25) is 5.82 Å². The maximum atomic E-state index is 12.8. The molecule has 1 N–H and O–H groups in total. The second-order valence-electron chi connectivity index (χ2n) is 6.33. The van der Waals surface area contributed by atoms with Crippen LogP contribution in [-0.4, -0.2) is 57.4 Å². The average molecular weight is 392 g/mol. The Bertz CT molecular complexity index is 821. The summed E-state index contributed by atoms with van der Waals surface area (Å²) in [6.45, 7) is 4.87.